The average Bonchev–Trinajstić information content (AvgIpc) is 2.80. The summed E-state index contributed by atoms with van der Waals surface area (Å²) in [4.78, 5) is 11.3. The molecule has 0 heterocycles. The van der Waals surface area contributed by atoms with Gasteiger partial charge in [0, 0.05) is 12.1 Å². The third kappa shape index (κ3) is 2.69. The van der Waals surface area contributed by atoms with Gasteiger partial charge in [0.05, 0.1) is 12.5 Å². The Morgan fingerprint density at radius 3 is 2.46 bits per heavy atom. The predicted octanol–water partition coefficient (Wildman–Crippen LogP) is 1.33. The monoisotopic (exact) mass is 185 g/mol. The van der Waals surface area contributed by atoms with Crippen LogP contribution in [0.3, 0.4) is 0 Å². The Bertz CT molecular complexity index is 207. The molecule has 0 aromatic carbocycles. The molecule has 3 heteroatoms. The van der Waals surface area contributed by atoms with Gasteiger partial charge in [0.2, 0.25) is 0 Å². The smallest absolute Gasteiger partial charge is 0.312 e. The van der Waals surface area contributed by atoms with E-state index in [0.29, 0.717) is 6.54 Å². The molecule has 0 saturated heterocycles. The number of hydrogen-bond donors (Lipinski definition) is 1. The highest BCUT2D eigenvalue weighted by molar-refractivity contribution is 5.76. The molecule has 0 aromatic heterocycles. The minimum absolute atomic E-state index is 0.149. The maximum atomic E-state index is 11.3. The molecule has 1 aliphatic rings. The lowest BCUT2D eigenvalue weighted by Gasteiger charge is -2.24. The summed E-state index contributed by atoms with van der Waals surface area (Å²) in [7, 11) is 1.43. The highest BCUT2D eigenvalue weighted by atomic mass is 16.5. The molecule has 3 nitrogen and oxygen atoms in total. The lowest BCUT2D eigenvalue weighted by Crippen LogP contribution is -2.41. The van der Waals surface area contributed by atoms with E-state index in [1.54, 1.807) is 0 Å². The van der Waals surface area contributed by atoms with E-state index in [9.17, 15) is 4.79 Å². The van der Waals surface area contributed by atoms with Crippen LogP contribution in [0.4, 0.5) is 0 Å². The Balaban J connectivity index is 2.37. The van der Waals surface area contributed by atoms with Crippen LogP contribution < -0.4 is 5.32 Å². The van der Waals surface area contributed by atoms with Crippen molar-refractivity contribution in [1.82, 2.24) is 5.32 Å². The van der Waals surface area contributed by atoms with Crippen molar-refractivity contribution in [3.8, 4) is 0 Å². The molecule has 1 N–H and O–H groups in total. The maximum absolute atomic E-state index is 11.3. The molecule has 0 bridgehead atoms. The van der Waals surface area contributed by atoms with Crippen LogP contribution in [-0.4, -0.2) is 25.2 Å². The van der Waals surface area contributed by atoms with E-state index in [-0.39, 0.29) is 11.5 Å². The van der Waals surface area contributed by atoms with Gasteiger partial charge in [0.25, 0.3) is 0 Å². The summed E-state index contributed by atoms with van der Waals surface area (Å²) in [6.45, 7) is 6.67. The lowest BCUT2D eigenvalue weighted by atomic mass is 9.93. The number of carbonyl (C=O) groups is 1. The van der Waals surface area contributed by atoms with Crippen molar-refractivity contribution in [3.05, 3.63) is 0 Å². The Kier molecular flexibility index (Phi) is 2.66. The van der Waals surface area contributed by atoms with Gasteiger partial charge in [-0.3, -0.25) is 4.79 Å². The maximum Gasteiger partial charge on any atom is 0.312 e. The van der Waals surface area contributed by atoms with Crippen LogP contribution in [-0.2, 0) is 9.53 Å². The van der Waals surface area contributed by atoms with Crippen molar-refractivity contribution < 1.29 is 9.53 Å². The molecule has 0 atom stereocenters. The predicted molar refractivity (Wildman–Crippen MR) is 51.4 cm³/mol. The summed E-state index contributed by atoms with van der Waals surface area (Å²) in [5.74, 6) is -0.149. The van der Waals surface area contributed by atoms with E-state index >= 15 is 0 Å². The second-order valence-electron chi connectivity index (χ2n) is 4.79. The van der Waals surface area contributed by atoms with Crippen molar-refractivity contribution >= 4 is 5.97 Å². The summed E-state index contributed by atoms with van der Waals surface area (Å²) < 4.78 is 4.72. The molecular formula is C10H19NO2. The van der Waals surface area contributed by atoms with Crippen LogP contribution in [0.15, 0.2) is 0 Å². The fourth-order valence-corrected chi connectivity index (χ4v) is 1.15. The molecule has 1 fully saturated rings. The highest BCUT2D eigenvalue weighted by Crippen LogP contribution is 2.35. The van der Waals surface area contributed by atoms with Crippen LogP contribution in [0, 0.1) is 5.41 Å². The van der Waals surface area contributed by atoms with Crippen LogP contribution in [0.25, 0.3) is 0 Å². The molecule has 1 saturated carbocycles. The second-order valence-corrected chi connectivity index (χ2v) is 4.79. The zero-order chi connectivity index (χ0) is 10.1. The zero-order valence-electron chi connectivity index (χ0n) is 8.94. The third-order valence-corrected chi connectivity index (χ3v) is 2.70. The van der Waals surface area contributed by atoms with Crippen molar-refractivity contribution in [1.29, 1.82) is 0 Å². The van der Waals surface area contributed by atoms with Crippen LogP contribution in [0.5, 0.6) is 0 Å². The zero-order valence-corrected chi connectivity index (χ0v) is 8.94. The van der Waals surface area contributed by atoms with E-state index in [0.717, 1.165) is 0 Å². The molecule has 0 amide bonds. The van der Waals surface area contributed by atoms with Gasteiger partial charge < -0.3 is 10.1 Å². The molecule has 76 valence electrons. The molecule has 0 aliphatic heterocycles. The first-order valence-electron chi connectivity index (χ1n) is 4.73. The highest BCUT2D eigenvalue weighted by Gasteiger charge is 2.39. The van der Waals surface area contributed by atoms with E-state index in [2.05, 4.69) is 12.2 Å². The first kappa shape index (κ1) is 10.5. The first-order valence-corrected chi connectivity index (χ1v) is 4.73. The summed E-state index contributed by atoms with van der Waals surface area (Å²) >= 11 is 0. The summed E-state index contributed by atoms with van der Waals surface area (Å²) in [6, 6.07) is 0. The molecule has 1 aliphatic carbocycles. The number of nitrogens with one attached hydrogen (secondary N) is 1. The molecule has 1 rings (SSSR count). The lowest BCUT2D eigenvalue weighted by molar-refractivity contribution is -0.150. The molecule has 0 radical (unpaired) electrons. The number of hydrogen-bond acceptors (Lipinski definition) is 3. The van der Waals surface area contributed by atoms with Crippen molar-refractivity contribution in [2.45, 2.75) is 39.2 Å². The molecular weight excluding hydrogens is 166 g/mol. The van der Waals surface area contributed by atoms with Gasteiger partial charge in [0.1, 0.15) is 0 Å². The quantitative estimate of drug-likeness (QED) is 0.671. The van der Waals surface area contributed by atoms with Crippen LogP contribution in [0.1, 0.15) is 33.6 Å². The number of carbonyl (C=O) groups excluding carboxylic acids is 1. The van der Waals surface area contributed by atoms with Gasteiger partial charge in [-0.1, -0.05) is 0 Å². The van der Waals surface area contributed by atoms with Crippen LogP contribution in [0.2, 0.25) is 0 Å². The second kappa shape index (κ2) is 3.29. The third-order valence-electron chi connectivity index (χ3n) is 2.70. The Morgan fingerprint density at radius 1 is 1.54 bits per heavy atom. The first-order chi connectivity index (χ1) is 5.90. The SMILES string of the molecule is COC(=O)C(C)(C)CNC1(C)CC1. The number of methoxy groups -OCH3 is 1. The standard InChI is InChI=1S/C10H19NO2/c1-9(2,8(12)13-4)7-11-10(3)5-6-10/h11H,5-7H2,1-4H3. The van der Waals surface area contributed by atoms with Gasteiger partial charge in [-0.05, 0) is 33.6 Å². The van der Waals surface area contributed by atoms with Gasteiger partial charge in [0.15, 0.2) is 0 Å². The Labute approximate surface area is 79.8 Å². The van der Waals surface area contributed by atoms with E-state index in [1.807, 2.05) is 13.8 Å². The number of ether oxygens (including phenoxy) is 1. The van der Waals surface area contributed by atoms with Gasteiger partial charge >= 0.3 is 5.97 Å². The number of rotatable bonds is 4. The summed E-state index contributed by atoms with van der Waals surface area (Å²) in [5, 5.41) is 3.39. The van der Waals surface area contributed by atoms with E-state index in [1.165, 1.54) is 20.0 Å². The largest absolute Gasteiger partial charge is 0.469 e. The molecule has 0 aromatic rings. The van der Waals surface area contributed by atoms with Gasteiger partial charge in [-0.25, -0.2) is 0 Å². The number of esters is 1. The van der Waals surface area contributed by atoms with Gasteiger partial charge in [-0.2, -0.15) is 0 Å². The fraction of sp³-hybridized carbons (Fsp3) is 0.900. The summed E-state index contributed by atoms with van der Waals surface area (Å²) in [5.41, 5.74) is -0.133. The average molecular weight is 185 g/mol. The normalized spacial score (nSPS) is 19.7. The van der Waals surface area contributed by atoms with Crippen LogP contribution >= 0.6 is 0 Å². The molecule has 13 heavy (non-hydrogen) atoms. The molecule has 0 spiro atoms. The molecule has 0 unspecified atom stereocenters. The minimum atomic E-state index is -0.416. The van der Waals surface area contributed by atoms with E-state index < -0.39 is 5.41 Å². The van der Waals surface area contributed by atoms with Crippen molar-refractivity contribution in [2.75, 3.05) is 13.7 Å². The summed E-state index contributed by atoms with van der Waals surface area (Å²) in [6.07, 6.45) is 2.43. The minimum Gasteiger partial charge on any atom is -0.469 e. The topological polar surface area (TPSA) is 38.3 Å². The van der Waals surface area contributed by atoms with Crippen molar-refractivity contribution in [2.24, 2.45) is 5.41 Å². The fourth-order valence-electron chi connectivity index (χ4n) is 1.15. The van der Waals surface area contributed by atoms with Gasteiger partial charge in [-0.15, -0.1) is 0 Å². The Morgan fingerprint density at radius 2 is 2.08 bits per heavy atom. The van der Waals surface area contributed by atoms with Crippen molar-refractivity contribution in [3.63, 3.8) is 0 Å². The Hall–Kier alpha value is -0.570. The van der Waals surface area contributed by atoms with E-state index in [4.69, 9.17) is 4.74 Å².